The van der Waals surface area contributed by atoms with Crippen molar-refractivity contribution >= 4 is 11.6 Å². The van der Waals surface area contributed by atoms with Crippen LogP contribution in [0.15, 0.2) is 30.3 Å². The van der Waals surface area contributed by atoms with E-state index in [9.17, 15) is 9.18 Å². The summed E-state index contributed by atoms with van der Waals surface area (Å²) >= 11 is 0. The number of rotatable bonds is 13. The number of hydrogen-bond acceptors (Lipinski definition) is 6. The van der Waals surface area contributed by atoms with Gasteiger partial charge in [0.15, 0.2) is 11.5 Å². The average Bonchev–Trinajstić information content (AvgIpc) is 3.53. The van der Waals surface area contributed by atoms with E-state index in [1.54, 1.807) is 6.07 Å². The third-order valence-corrected chi connectivity index (χ3v) is 6.19. The Hall–Kier alpha value is -2.84. The Labute approximate surface area is 200 Å². The van der Waals surface area contributed by atoms with Crippen molar-refractivity contribution in [2.24, 2.45) is 5.73 Å². The predicted molar refractivity (Wildman–Crippen MR) is 129 cm³/mol. The zero-order valence-electron chi connectivity index (χ0n) is 19.7. The summed E-state index contributed by atoms with van der Waals surface area (Å²) < 4.78 is 25.2. The number of ether oxygens (including phenoxy) is 2. The maximum atomic E-state index is 13.6. The predicted octanol–water partition coefficient (Wildman–Crippen LogP) is 2.81. The van der Waals surface area contributed by atoms with E-state index in [-0.39, 0.29) is 24.6 Å². The van der Waals surface area contributed by atoms with E-state index in [1.165, 1.54) is 12.1 Å². The summed E-state index contributed by atoms with van der Waals surface area (Å²) in [6, 6.07) is 8.57. The maximum absolute atomic E-state index is 13.6. The number of nitrogens with zero attached hydrogens (tertiary/aromatic N) is 1. The topological polar surface area (TPSA) is 97.1 Å². The first-order valence-corrected chi connectivity index (χ1v) is 12.1. The molecule has 1 atom stereocenters. The quantitative estimate of drug-likeness (QED) is 0.389. The highest BCUT2D eigenvalue weighted by Gasteiger charge is 2.26. The molecule has 0 aromatic heterocycles. The summed E-state index contributed by atoms with van der Waals surface area (Å²) in [6.07, 6.45) is 4.44. The molecule has 1 heterocycles. The Morgan fingerprint density at radius 1 is 1.29 bits per heavy atom. The number of halogens is 1. The molecule has 1 saturated carbocycles. The Morgan fingerprint density at radius 3 is 2.85 bits per heavy atom. The van der Waals surface area contributed by atoms with Gasteiger partial charge in [0.05, 0.1) is 17.4 Å². The van der Waals surface area contributed by atoms with E-state index in [0.717, 1.165) is 49.0 Å². The maximum Gasteiger partial charge on any atom is 0.250 e. The summed E-state index contributed by atoms with van der Waals surface area (Å²) in [5, 5.41) is 12.6. The van der Waals surface area contributed by atoms with Gasteiger partial charge in [-0.05, 0) is 68.4 Å². The molecule has 4 N–H and O–H groups in total. The van der Waals surface area contributed by atoms with Crippen LogP contribution >= 0.6 is 0 Å². The van der Waals surface area contributed by atoms with Crippen molar-refractivity contribution < 1.29 is 23.8 Å². The van der Waals surface area contributed by atoms with Gasteiger partial charge < -0.3 is 30.5 Å². The number of anilines is 1. The molecule has 0 spiro atoms. The molecule has 1 fully saturated rings. The fraction of sp³-hybridized carbons (Fsp3) is 0.500. The number of fused-ring (bicyclic) bond motifs is 1. The Kier molecular flexibility index (Phi) is 7.90. The summed E-state index contributed by atoms with van der Waals surface area (Å²) in [5.41, 5.74) is 9.38. The molecule has 2 aliphatic rings. The second-order valence-corrected chi connectivity index (χ2v) is 9.15. The largest absolute Gasteiger partial charge is 0.488 e. The Bertz CT molecular complexity index is 1010. The number of aliphatic hydroxyl groups excluding tert-OH is 1. The SMILES string of the molecule is CC(Cc1cc2c(c(C(N)=O)c1)N(CCCO)CC2)NCCOc1ccc(F)cc1OC1CC1. The summed E-state index contributed by atoms with van der Waals surface area (Å²) in [4.78, 5) is 14.3. The van der Waals surface area contributed by atoms with Gasteiger partial charge in [0.2, 0.25) is 0 Å². The van der Waals surface area contributed by atoms with Gasteiger partial charge in [-0.3, -0.25) is 4.79 Å². The lowest BCUT2D eigenvalue weighted by Crippen LogP contribution is -2.32. The number of carbonyl (C=O) groups excluding carboxylic acids is 1. The van der Waals surface area contributed by atoms with Crippen LogP contribution in [0.5, 0.6) is 11.5 Å². The van der Waals surface area contributed by atoms with E-state index in [1.807, 2.05) is 6.07 Å². The number of nitrogens with two attached hydrogens (primary N) is 1. The first kappa shape index (κ1) is 24.3. The van der Waals surface area contributed by atoms with Gasteiger partial charge in [-0.15, -0.1) is 0 Å². The van der Waals surface area contributed by atoms with E-state index in [2.05, 4.69) is 23.2 Å². The highest BCUT2D eigenvalue weighted by molar-refractivity contribution is 6.00. The van der Waals surface area contributed by atoms with Crippen molar-refractivity contribution in [2.45, 2.75) is 51.2 Å². The van der Waals surface area contributed by atoms with Crippen molar-refractivity contribution in [2.75, 3.05) is 37.7 Å². The average molecular weight is 472 g/mol. The van der Waals surface area contributed by atoms with Crippen molar-refractivity contribution in [3.8, 4) is 11.5 Å². The summed E-state index contributed by atoms with van der Waals surface area (Å²) in [7, 11) is 0. The first-order valence-electron chi connectivity index (χ1n) is 12.1. The van der Waals surface area contributed by atoms with Gasteiger partial charge in [-0.1, -0.05) is 6.07 Å². The molecule has 1 unspecified atom stereocenters. The third-order valence-electron chi connectivity index (χ3n) is 6.19. The lowest BCUT2D eigenvalue weighted by molar-refractivity contribution is 0.100. The molecule has 0 radical (unpaired) electrons. The minimum atomic E-state index is -0.425. The molecule has 34 heavy (non-hydrogen) atoms. The van der Waals surface area contributed by atoms with Crippen LogP contribution in [0.25, 0.3) is 0 Å². The number of benzene rings is 2. The molecule has 4 rings (SSSR count). The summed E-state index contributed by atoms with van der Waals surface area (Å²) in [5.74, 6) is 0.251. The van der Waals surface area contributed by atoms with Gasteiger partial charge in [0, 0.05) is 38.3 Å². The number of carbonyl (C=O) groups is 1. The minimum absolute atomic E-state index is 0.124. The van der Waals surface area contributed by atoms with E-state index < -0.39 is 5.91 Å². The number of amides is 1. The highest BCUT2D eigenvalue weighted by Crippen LogP contribution is 2.35. The van der Waals surface area contributed by atoms with Crippen molar-refractivity contribution in [3.05, 3.63) is 52.8 Å². The Balaban J connectivity index is 1.31. The fourth-order valence-corrected chi connectivity index (χ4v) is 4.43. The second kappa shape index (κ2) is 11.1. The first-order chi connectivity index (χ1) is 16.4. The molecule has 0 bridgehead atoms. The normalized spacial score (nSPS) is 15.8. The van der Waals surface area contributed by atoms with Crippen LogP contribution in [0.2, 0.25) is 0 Å². The van der Waals surface area contributed by atoms with Crippen LogP contribution in [-0.2, 0) is 12.8 Å². The van der Waals surface area contributed by atoms with Crippen LogP contribution in [-0.4, -0.2) is 56.0 Å². The van der Waals surface area contributed by atoms with Crippen molar-refractivity contribution in [3.63, 3.8) is 0 Å². The van der Waals surface area contributed by atoms with Gasteiger partial charge in [0.25, 0.3) is 5.91 Å². The number of hydrogen-bond donors (Lipinski definition) is 3. The second-order valence-electron chi connectivity index (χ2n) is 9.15. The smallest absolute Gasteiger partial charge is 0.250 e. The monoisotopic (exact) mass is 471 g/mol. The van der Waals surface area contributed by atoms with Crippen molar-refractivity contribution in [1.82, 2.24) is 5.32 Å². The van der Waals surface area contributed by atoms with Crippen LogP contribution in [0.3, 0.4) is 0 Å². The van der Waals surface area contributed by atoms with Crippen LogP contribution < -0.4 is 25.4 Å². The minimum Gasteiger partial charge on any atom is -0.488 e. The van der Waals surface area contributed by atoms with Crippen LogP contribution in [0.4, 0.5) is 10.1 Å². The third kappa shape index (κ3) is 6.18. The zero-order chi connectivity index (χ0) is 24.1. The lowest BCUT2D eigenvalue weighted by Gasteiger charge is -2.22. The molecule has 184 valence electrons. The molecule has 1 aliphatic carbocycles. The standard InChI is InChI=1S/C26H34FN3O4/c1-17(29-8-12-33-23-6-3-20(27)16-24(23)34-21-4-5-21)13-18-14-19-7-10-30(9-2-11-31)25(19)22(15-18)26(28)32/h3,6,14-17,21,29,31H,2,4-5,7-13H2,1H3,(H2,28,32). The van der Waals surface area contributed by atoms with Gasteiger partial charge >= 0.3 is 0 Å². The molecular formula is C26H34FN3O4. The molecule has 1 aliphatic heterocycles. The van der Waals surface area contributed by atoms with E-state index in [4.69, 9.17) is 20.3 Å². The molecule has 8 heteroatoms. The van der Waals surface area contributed by atoms with Crippen molar-refractivity contribution in [1.29, 1.82) is 0 Å². The zero-order valence-corrected chi connectivity index (χ0v) is 19.7. The number of nitrogens with one attached hydrogen (secondary N) is 1. The number of aliphatic hydroxyl groups is 1. The molecule has 1 amide bonds. The molecule has 7 nitrogen and oxygen atoms in total. The molecule has 2 aromatic rings. The molecular weight excluding hydrogens is 437 g/mol. The lowest BCUT2D eigenvalue weighted by atomic mass is 9.98. The van der Waals surface area contributed by atoms with Crippen LogP contribution in [0.1, 0.15) is 47.7 Å². The fourth-order valence-electron chi connectivity index (χ4n) is 4.43. The molecule has 2 aromatic carbocycles. The van der Waals surface area contributed by atoms with Gasteiger partial charge in [-0.25, -0.2) is 4.39 Å². The van der Waals surface area contributed by atoms with Gasteiger partial charge in [-0.2, -0.15) is 0 Å². The molecule has 0 saturated heterocycles. The highest BCUT2D eigenvalue weighted by atomic mass is 19.1. The Morgan fingerprint density at radius 2 is 2.12 bits per heavy atom. The van der Waals surface area contributed by atoms with E-state index >= 15 is 0 Å². The number of primary amides is 1. The summed E-state index contributed by atoms with van der Waals surface area (Å²) in [6.45, 7) is 4.79. The van der Waals surface area contributed by atoms with E-state index in [0.29, 0.717) is 43.2 Å². The van der Waals surface area contributed by atoms with Crippen LogP contribution in [0, 0.1) is 5.82 Å². The van der Waals surface area contributed by atoms with Gasteiger partial charge in [0.1, 0.15) is 12.4 Å².